The Hall–Kier alpha value is -0.560. The van der Waals surface area contributed by atoms with Crippen LogP contribution in [0, 0.1) is 5.92 Å². The van der Waals surface area contributed by atoms with Gasteiger partial charge in [0.1, 0.15) is 0 Å². The van der Waals surface area contributed by atoms with Gasteiger partial charge in [-0.1, -0.05) is 37.6 Å². The molecule has 1 nitrogen and oxygen atoms in total. The molecule has 1 atom stereocenters. The summed E-state index contributed by atoms with van der Waals surface area (Å²) in [4.78, 5) is 0. The number of rotatable bonds is 5. The molecule has 0 amide bonds. The van der Waals surface area contributed by atoms with Crippen LogP contribution in [0.3, 0.4) is 0 Å². The third-order valence-corrected chi connectivity index (χ3v) is 2.37. The van der Waals surface area contributed by atoms with Gasteiger partial charge in [0, 0.05) is 6.54 Å². The molecule has 1 unspecified atom stereocenters. The molecule has 0 heterocycles. The van der Waals surface area contributed by atoms with Crippen LogP contribution in [-0.4, -0.2) is 13.1 Å². The maximum absolute atomic E-state index is 3.77. The first-order valence-corrected chi connectivity index (χ1v) is 4.64. The van der Waals surface area contributed by atoms with E-state index in [1.807, 2.05) is 6.08 Å². The van der Waals surface area contributed by atoms with Crippen molar-refractivity contribution in [1.82, 2.24) is 5.32 Å². The Morgan fingerprint density at radius 1 is 1.50 bits per heavy atom. The quantitative estimate of drug-likeness (QED) is 0.621. The van der Waals surface area contributed by atoms with Gasteiger partial charge in [-0.2, -0.15) is 0 Å². The second-order valence-corrected chi connectivity index (χ2v) is 3.28. The monoisotopic (exact) mass is 167 g/mol. The first kappa shape index (κ1) is 11.4. The van der Waals surface area contributed by atoms with Gasteiger partial charge in [0.25, 0.3) is 0 Å². The fourth-order valence-corrected chi connectivity index (χ4v) is 1.06. The maximum Gasteiger partial charge on any atom is 0.00142 e. The van der Waals surface area contributed by atoms with E-state index in [-0.39, 0.29) is 0 Å². The summed E-state index contributed by atoms with van der Waals surface area (Å²) in [6.07, 6.45) is 1.93. The molecule has 0 saturated carbocycles. The van der Waals surface area contributed by atoms with E-state index in [1.165, 1.54) is 11.1 Å². The molecule has 0 saturated heterocycles. The molecule has 0 aliphatic heterocycles. The zero-order chi connectivity index (χ0) is 9.56. The van der Waals surface area contributed by atoms with Gasteiger partial charge in [-0.05, 0) is 26.3 Å². The summed E-state index contributed by atoms with van der Waals surface area (Å²) in [6.45, 7) is 14.5. The molecule has 1 N–H and O–H groups in total. The van der Waals surface area contributed by atoms with Gasteiger partial charge in [-0.15, -0.1) is 0 Å². The zero-order valence-electron chi connectivity index (χ0n) is 8.78. The van der Waals surface area contributed by atoms with Crippen molar-refractivity contribution in [3.63, 3.8) is 0 Å². The zero-order valence-corrected chi connectivity index (χ0v) is 8.78. The molecule has 0 spiro atoms. The molecule has 0 aliphatic rings. The summed E-state index contributed by atoms with van der Waals surface area (Å²) in [7, 11) is 0. The SMILES string of the molecule is C=C/C(C)=C(/C)C(C)CNCC. The molecule has 0 aromatic carbocycles. The Kier molecular flexibility index (Phi) is 5.73. The van der Waals surface area contributed by atoms with Gasteiger partial charge in [0.15, 0.2) is 0 Å². The minimum Gasteiger partial charge on any atom is -0.316 e. The summed E-state index contributed by atoms with van der Waals surface area (Å²) in [5.41, 5.74) is 2.74. The van der Waals surface area contributed by atoms with E-state index in [2.05, 4.69) is 39.6 Å². The molecule has 0 rings (SSSR count). The van der Waals surface area contributed by atoms with E-state index in [0.29, 0.717) is 5.92 Å². The van der Waals surface area contributed by atoms with E-state index < -0.39 is 0 Å². The molecule has 0 radical (unpaired) electrons. The number of hydrogen-bond acceptors (Lipinski definition) is 1. The highest BCUT2D eigenvalue weighted by atomic mass is 14.8. The van der Waals surface area contributed by atoms with Crippen LogP contribution in [0.25, 0.3) is 0 Å². The van der Waals surface area contributed by atoms with Crippen LogP contribution in [0.5, 0.6) is 0 Å². The highest BCUT2D eigenvalue weighted by Crippen LogP contribution is 2.14. The van der Waals surface area contributed by atoms with Crippen molar-refractivity contribution in [1.29, 1.82) is 0 Å². The lowest BCUT2D eigenvalue weighted by Gasteiger charge is -2.14. The van der Waals surface area contributed by atoms with Crippen molar-refractivity contribution >= 4 is 0 Å². The topological polar surface area (TPSA) is 12.0 Å². The minimum atomic E-state index is 0.614. The molecule has 0 bridgehead atoms. The smallest absolute Gasteiger partial charge is 0.00142 e. The lowest BCUT2D eigenvalue weighted by Crippen LogP contribution is -2.21. The van der Waals surface area contributed by atoms with Crippen molar-refractivity contribution in [2.45, 2.75) is 27.7 Å². The van der Waals surface area contributed by atoms with Gasteiger partial charge in [-0.25, -0.2) is 0 Å². The predicted molar refractivity (Wildman–Crippen MR) is 56.3 cm³/mol. The Bertz CT molecular complexity index is 168. The molecule has 0 aliphatic carbocycles. The Labute approximate surface area is 76.6 Å². The van der Waals surface area contributed by atoms with Gasteiger partial charge >= 0.3 is 0 Å². The standard InChI is InChI=1S/C11H21N/c1-6-9(3)11(5)10(4)8-12-7-2/h6,10,12H,1,7-8H2,2-5H3/b11-9-. The van der Waals surface area contributed by atoms with Crippen molar-refractivity contribution in [3.8, 4) is 0 Å². The molecule has 1 heteroatoms. The van der Waals surface area contributed by atoms with E-state index >= 15 is 0 Å². The van der Waals surface area contributed by atoms with Gasteiger partial charge in [0.2, 0.25) is 0 Å². The lowest BCUT2D eigenvalue weighted by atomic mass is 9.98. The summed E-state index contributed by atoms with van der Waals surface area (Å²) in [6, 6.07) is 0. The van der Waals surface area contributed by atoms with E-state index in [4.69, 9.17) is 0 Å². The van der Waals surface area contributed by atoms with Crippen LogP contribution in [0.1, 0.15) is 27.7 Å². The molecule has 0 aromatic heterocycles. The average molecular weight is 167 g/mol. The second-order valence-electron chi connectivity index (χ2n) is 3.28. The Balaban J connectivity index is 4.08. The third-order valence-electron chi connectivity index (χ3n) is 2.37. The van der Waals surface area contributed by atoms with Crippen LogP contribution < -0.4 is 5.32 Å². The van der Waals surface area contributed by atoms with E-state index in [9.17, 15) is 0 Å². The van der Waals surface area contributed by atoms with Gasteiger partial charge in [0.05, 0.1) is 0 Å². The second kappa shape index (κ2) is 6.01. The third kappa shape index (κ3) is 3.72. The minimum absolute atomic E-state index is 0.614. The first-order valence-electron chi connectivity index (χ1n) is 4.64. The molecule has 70 valence electrons. The predicted octanol–water partition coefficient (Wildman–Crippen LogP) is 2.75. The highest BCUT2D eigenvalue weighted by Gasteiger charge is 2.04. The van der Waals surface area contributed by atoms with Crippen LogP contribution >= 0.6 is 0 Å². The maximum atomic E-state index is 3.77. The van der Waals surface area contributed by atoms with Gasteiger partial charge < -0.3 is 5.32 Å². The van der Waals surface area contributed by atoms with Gasteiger partial charge in [-0.3, -0.25) is 0 Å². The summed E-state index contributed by atoms with van der Waals surface area (Å²) >= 11 is 0. The molecule has 12 heavy (non-hydrogen) atoms. The fraction of sp³-hybridized carbons (Fsp3) is 0.636. The summed E-state index contributed by atoms with van der Waals surface area (Å²) < 4.78 is 0. The van der Waals surface area contributed by atoms with Crippen molar-refractivity contribution in [2.24, 2.45) is 5.92 Å². The highest BCUT2D eigenvalue weighted by molar-refractivity contribution is 5.22. The summed E-state index contributed by atoms with van der Waals surface area (Å²) in [5.74, 6) is 0.614. The molecule has 0 fully saturated rings. The Morgan fingerprint density at radius 3 is 2.50 bits per heavy atom. The first-order chi connectivity index (χ1) is 5.63. The van der Waals surface area contributed by atoms with E-state index in [0.717, 1.165) is 13.1 Å². The van der Waals surface area contributed by atoms with Crippen LogP contribution in [0.2, 0.25) is 0 Å². The average Bonchev–Trinajstić information content (AvgIpc) is 2.11. The van der Waals surface area contributed by atoms with Crippen LogP contribution in [0.4, 0.5) is 0 Å². The largest absolute Gasteiger partial charge is 0.316 e. The van der Waals surface area contributed by atoms with Crippen molar-refractivity contribution < 1.29 is 0 Å². The summed E-state index contributed by atoms with van der Waals surface area (Å²) in [5, 5.41) is 3.34. The fourth-order valence-electron chi connectivity index (χ4n) is 1.06. The number of nitrogens with one attached hydrogen (secondary N) is 1. The van der Waals surface area contributed by atoms with Crippen molar-refractivity contribution in [2.75, 3.05) is 13.1 Å². The number of hydrogen-bond donors (Lipinski definition) is 1. The lowest BCUT2D eigenvalue weighted by molar-refractivity contribution is 0.584. The van der Waals surface area contributed by atoms with Crippen LogP contribution in [0.15, 0.2) is 23.8 Å². The molecular formula is C11H21N. The van der Waals surface area contributed by atoms with Crippen LogP contribution in [-0.2, 0) is 0 Å². The van der Waals surface area contributed by atoms with E-state index in [1.54, 1.807) is 0 Å². The Morgan fingerprint density at radius 2 is 2.08 bits per heavy atom. The van der Waals surface area contributed by atoms with Crippen molar-refractivity contribution in [3.05, 3.63) is 23.8 Å². The number of allylic oxidation sites excluding steroid dienone is 2. The normalized spacial score (nSPS) is 15.3. The molecule has 0 aromatic rings. The molecular weight excluding hydrogens is 146 g/mol.